The van der Waals surface area contributed by atoms with Crippen LogP contribution >= 0.6 is 0 Å². The zero-order valence-corrected chi connectivity index (χ0v) is 34.3. The van der Waals surface area contributed by atoms with Crippen LogP contribution in [0.5, 0.6) is 0 Å². The maximum Gasteiger partial charge on any atom is 0.338 e. The van der Waals surface area contributed by atoms with Gasteiger partial charge in [-0.15, -0.1) is 0 Å². The lowest BCUT2D eigenvalue weighted by Crippen LogP contribution is -2.81. The molecule has 1 amide bonds. The third kappa shape index (κ3) is 6.84. The van der Waals surface area contributed by atoms with Gasteiger partial charge in [0.25, 0.3) is 5.91 Å². The Kier molecular flexibility index (Phi) is 11.4. The number of aliphatic hydroxyl groups excluding tert-OH is 2. The van der Waals surface area contributed by atoms with Crippen molar-refractivity contribution in [2.24, 2.45) is 16.7 Å². The van der Waals surface area contributed by atoms with Gasteiger partial charge >= 0.3 is 17.9 Å². The molecular formula is C46H51NO13. The van der Waals surface area contributed by atoms with E-state index in [1.807, 2.05) is 0 Å². The molecule has 2 saturated carbocycles. The Balaban J connectivity index is 1.36. The molecule has 0 aromatic heterocycles. The molecule has 2 bridgehead atoms. The number of aliphatic hydroxyl groups is 3. The fraction of sp³-hybridized carbons (Fsp3) is 0.457. The predicted octanol–water partition coefficient (Wildman–Crippen LogP) is 3.82. The minimum absolute atomic E-state index is 0.112. The highest BCUT2D eigenvalue weighted by molar-refractivity contribution is 5.95. The smallest absolute Gasteiger partial charge is 0.338 e. The van der Waals surface area contributed by atoms with Crippen LogP contribution in [-0.2, 0) is 38.1 Å². The molecule has 318 valence electrons. The Bertz CT molecular complexity index is 2180. The first-order valence-electron chi connectivity index (χ1n) is 20.0. The molecule has 14 heteroatoms. The minimum Gasteiger partial charge on any atom is -0.456 e. The molecule has 1 aliphatic heterocycles. The summed E-state index contributed by atoms with van der Waals surface area (Å²) in [5.41, 5.74) is -6.01. The number of amides is 1. The number of hydrogen-bond donors (Lipinski definition) is 4. The van der Waals surface area contributed by atoms with Gasteiger partial charge in [-0.25, -0.2) is 9.59 Å². The molecule has 60 heavy (non-hydrogen) atoms. The SMILES string of the molecule is CO[C@H]1C(=O)[C@@]2(C)[C@H]([C@H](OC(=O)c3ccccc3)[C@]3(O)C[C@H](OC(=O)[C@H](O)C(NC(=O)c4ccccc4)c4ccccc4)C(C)=C1C3(C)C)[C@]1(OC(C)=O)CO[C@@H]1C[C@@H]2O. The third-order valence-electron chi connectivity index (χ3n) is 13.4. The lowest BCUT2D eigenvalue weighted by Gasteiger charge is -2.67. The highest BCUT2D eigenvalue weighted by atomic mass is 16.6. The first kappa shape index (κ1) is 42.9. The van der Waals surface area contributed by atoms with Crippen LogP contribution in [0.1, 0.15) is 79.8 Å². The van der Waals surface area contributed by atoms with Crippen LogP contribution < -0.4 is 5.32 Å². The van der Waals surface area contributed by atoms with Crippen LogP contribution in [0, 0.1) is 16.7 Å². The van der Waals surface area contributed by atoms with E-state index in [9.17, 15) is 34.5 Å². The number of esters is 3. The fourth-order valence-electron chi connectivity index (χ4n) is 10.1. The molecule has 7 rings (SSSR count). The molecule has 3 aromatic carbocycles. The molecule has 4 N–H and O–H groups in total. The lowest BCUT2D eigenvalue weighted by atomic mass is 9.44. The highest BCUT2D eigenvalue weighted by Gasteiger charge is 2.78. The summed E-state index contributed by atoms with van der Waals surface area (Å²) in [6.07, 6.45) is -9.51. The molecule has 3 aromatic rings. The monoisotopic (exact) mass is 825 g/mol. The number of hydrogen-bond acceptors (Lipinski definition) is 13. The second kappa shape index (κ2) is 16.0. The molecule has 0 spiro atoms. The van der Waals surface area contributed by atoms with Gasteiger partial charge in [0.1, 0.15) is 30.0 Å². The van der Waals surface area contributed by atoms with Gasteiger partial charge in [0.15, 0.2) is 17.5 Å². The van der Waals surface area contributed by atoms with Gasteiger partial charge in [-0.1, -0.05) is 80.6 Å². The van der Waals surface area contributed by atoms with Gasteiger partial charge in [-0.3, -0.25) is 14.4 Å². The van der Waals surface area contributed by atoms with Crippen LogP contribution in [0.2, 0.25) is 0 Å². The van der Waals surface area contributed by atoms with Crippen molar-refractivity contribution >= 4 is 29.6 Å². The Hall–Kier alpha value is -5.25. The maximum absolute atomic E-state index is 15.3. The first-order valence-corrected chi connectivity index (χ1v) is 20.0. The van der Waals surface area contributed by atoms with Gasteiger partial charge < -0.3 is 44.3 Å². The summed E-state index contributed by atoms with van der Waals surface area (Å²) >= 11 is 0. The number of carbonyl (C=O) groups excluding carboxylic acids is 5. The second-order valence-corrected chi connectivity index (χ2v) is 17.0. The summed E-state index contributed by atoms with van der Waals surface area (Å²) in [5, 5.41) is 40.1. The Morgan fingerprint density at radius 3 is 2.02 bits per heavy atom. The van der Waals surface area contributed by atoms with Gasteiger partial charge in [0, 0.05) is 37.9 Å². The van der Waals surface area contributed by atoms with Crippen molar-refractivity contribution in [3.8, 4) is 0 Å². The Morgan fingerprint density at radius 2 is 1.47 bits per heavy atom. The largest absolute Gasteiger partial charge is 0.456 e. The van der Waals surface area contributed by atoms with Gasteiger partial charge in [-0.05, 0) is 54.8 Å². The average Bonchev–Trinajstić information content (AvgIpc) is 3.23. The van der Waals surface area contributed by atoms with Gasteiger partial charge in [0.05, 0.1) is 35.6 Å². The summed E-state index contributed by atoms with van der Waals surface area (Å²) in [7, 11) is 1.30. The Morgan fingerprint density at radius 1 is 0.883 bits per heavy atom. The molecule has 3 aliphatic carbocycles. The van der Waals surface area contributed by atoms with Crippen LogP contribution in [0.15, 0.2) is 102 Å². The molecule has 1 unspecified atom stereocenters. The molecule has 11 atom stereocenters. The van der Waals surface area contributed by atoms with Gasteiger partial charge in [-0.2, -0.15) is 0 Å². The van der Waals surface area contributed by atoms with Gasteiger partial charge in [0.2, 0.25) is 0 Å². The quantitative estimate of drug-likeness (QED) is 0.131. The number of ketones is 1. The summed E-state index contributed by atoms with van der Waals surface area (Å²) in [6.45, 7) is 7.37. The number of Topliss-reactive ketones (excluding diaryl/α,β-unsaturated/α-hetero) is 1. The maximum atomic E-state index is 15.3. The van der Waals surface area contributed by atoms with E-state index in [1.165, 1.54) is 33.1 Å². The van der Waals surface area contributed by atoms with E-state index in [2.05, 4.69) is 5.32 Å². The minimum atomic E-state index is -2.27. The van der Waals surface area contributed by atoms with E-state index in [1.54, 1.807) is 99.6 Å². The summed E-state index contributed by atoms with van der Waals surface area (Å²) in [5.74, 6) is -5.42. The standard InChI is InChI=1S/C46H51NO13/c1-25-30(58-42(54)35(50)34(27-16-10-7-11-17-27)47-40(52)28-18-12-8-13-19-28)23-46(55)39(59-41(53)29-20-14-9-15-21-29)37-44(5,38(51)36(56-6)33(25)43(46,3)4)31(49)22-32-45(37,24-57-32)60-26(2)48/h7-21,30-32,34-37,39,49-50,55H,22-24H2,1-6H3,(H,47,52)/t30-,31-,32+,34?,35+,36+,37-,39-,44+,45-,46+/m0/s1. The normalized spacial score (nSPS) is 32.6. The topological polar surface area (TPSA) is 204 Å². The van der Waals surface area contributed by atoms with Crippen molar-refractivity contribution in [3.05, 3.63) is 119 Å². The third-order valence-corrected chi connectivity index (χ3v) is 13.4. The van der Waals surface area contributed by atoms with Crippen LogP contribution in [0.25, 0.3) is 0 Å². The van der Waals surface area contributed by atoms with Crippen molar-refractivity contribution in [1.82, 2.24) is 5.32 Å². The molecule has 14 nitrogen and oxygen atoms in total. The zero-order valence-electron chi connectivity index (χ0n) is 34.3. The molecule has 3 fully saturated rings. The van der Waals surface area contributed by atoms with E-state index in [0.717, 1.165) is 0 Å². The number of ether oxygens (including phenoxy) is 5. The molecule has 1 heterocycles. The number of nitrogens with one attached hydrogen (secondary N) is 1. The summed E-state index contributed by atoms with van der Waals surface area (Å²) in [6, 6.07) is 23.3. The van der Waals surface area contributed by atoms with Crippen LogP contribution in [-0.4, -0.2) is 106 Å². The van der Waals surface area contributed by atoms with E-state index in [-0.39, 0.29) is 29.7 Å². The predicted molar refractivity (Wildman–Crippen MR) is 213 cm³/mol. The number of carbonyl (C=O) groups is 5. The number of rotatable bonds is 10. The fourth-order valence-corrected chi connectivity index (χ4v) is 10.1. The average molecular weight is 826 g/mol. The molecule has 4 aliphatic rings. The summed E-state index contributed by atoms with van der Waals surface area (Å²) < 4.78 is 30.5. The Labute approximate surface area is 347 Å². The van der Waals surface area contributed by atoms with Crippen molar-refractivity contribution in [3.63, 3.8) is 0 Å². The van der Waals surface area contributed by atoms with E-state index in [4.69, 9.17) is 23.7 Å². The van der Waals surface area contributed by atoms with E-state index in [0.29, 0.717) is 11.1 Å². The zero-order chi connectivity index (χ0) is 43.4. The number of benzene rings is 3. The van der Waals surface area contributed by atoms with E-state index < -0.39 is 107 Å². The number of methoxy groups -OCH3 is 1. The van der Waals surface area contributed by atoms with Crippen molar-refractivity contribution < 1.29 is 63.0 Å². The second-order valence-electron chi connectivity index (χ2n) is 17.0. The molecular weight excluding hydrogens is 774 g/mol. The summed E-state index contributed by atoms with van der Waals surface area (Å²) in [4.78, 5) is 70.2. The number of fused-ring (bicyclic) bond motifs is 5. The van der Waals surface area contributed by atoms with Crippen LogP contribution in [0.3, 0.4) is 0 Å². The molecule has 0 radical (unpaired) electrons. The highest BCUT2D eigenvalue weighted by Crippen LogP contribution is 2.64. The van der Waals surface area contributed by atoms with Crippen molar-refractivity contribution in [1.29, 1.82) is 0 Å². The first-order chi connectivity index (χ1) is 28.4. The van der Waals surface area contributed by atoms with E-state index >= 15 is 4.79 Å². The molecule has 1 saturated heterocycles. The van der Waals surface area contributed by atoms with Crippen molar-refractivity contribution in [2.45, 2.75) is 101 Å². The lowest BCUT2D eigenvalue weighted by molar-refractivity contribution is -0.346. The van der Waals surface area contributed by atoms with Crippen molar-refractivity contribution in [2.75, 3.05) is 13.7 Å². The van der Waals surface area contributed by atoms with Crippen LogP contribution in [0.4, 0.5) is 0 Å².